The lowest BCUT2D eigenvalue weighted by Gasteiger charge is -2.17. The first kappa shape index (κ1) is 17.8. The molecule has 0 aromatic carbocycles. The molecule has 0 fully saturated rings. The fourth-order valence-corrected chi connectivity index (χ4v) is 2.95. The molecular formula is C15H32O2Si. The largest absolute Gasteiger partial charge is 0.411 e. The van der Waals surface area contributed by atoms with Crippen LogP contribution in [0.5, 0.6) is 0 Å². The predicted molar refractivity (Wildman–Crippen MR) is 81.6 cm³/mol. The molecule has 18 heavy (non-hydrogen) atoms. The van der Waals surface area contributed by atoms with Crippen LogP contribution in [-0.4, -0.2) is 21.4 Å². The van der Waals surface area contributed by atoms with Crippen LogP contribution in [0.1, 0.15) is 65.7 Å². The standard InChI is InChI=1S/C15H32O2Si/c1-15(2,3)12-10-8-6-7-9-11-14(13-16)17-18(4)5/h13-14,18H,6-12H2,1-5H3. The molecule has 0 aliphatic rings. The molecule has 0 saturated heterocycles. The van der Waals surface area contributed by atoms with Crippen LogP contribution in [0.4, 0.5) is 0 Å². The maximum Gasteiger partial charge on any atom is 0.171 e. The quantitative estimate of drug-likeness (QED) is 0.336. The van der Waals surface area contributed by atoms with Gasteiger partial charge < -0.3 is 9.22 Å². The van der Waals surface area contributed by atoms with E-state index in [2.05, 4.69) is 33.9 Å². The minimum atomic E-state index is -1.07. The second-order valence-electron chi connectivity index (χ2n) is 6.73. The highest BCUT2D eigenvalue weighted by Crippen LogP contribution is 2.22. The van der Waals surface area contributed by atoms with Crippen LogP contribution in [0.25, 0.3) is 0 Å². The fourth-order valence-electron chi connectivity index (χ4n) is 2.05. The van der Waals surface area contributed by atoms with Gasteiger partial charge >= 0.3 is 0 Å². The van der Waals surface area contributed by atoms with Crippen LogP contribution in [0.3, 0.4) is 0 Å². The van der Waals surface area contributed by atoms with E-state index in [0.29, 0.717) is 5.41 Å². The maximum absolute atomic E-state index is 10.8. The summed E-state index contributed by atoms with van der Waals surface area (Å²) in [4.78, 5) is 10.8. The van der Waals surface area contributed by atoms with Gasteiger partial charge in [0.25, 0.3) is 0 Å². The number of aldehydes is 1. The minimum Gasteiger partial charge on any atom is -0.411 e. The summed E-state index contributed by atoms with van der Waals surface area (Å²) in [5.41, 5.74) is 0.471. The van der Waals surface area contributed by atoms with Crippen LogP contribution in [0.15, 0.2) is 0 Å². The third-order valence-electron chi connectivity index (χ3n) is 3.01. The van der Waals surface area contributed by atoms with Gasteiger partial charge in [0.15, 0.2) is 9.04 Å². The fraction of sp³-hybridized carbons (Fsp3) is 0.933. The van der Waals surface area contributed by atoms with Crippen molar-refractivity contribution in [2.24, 2.45) is 5.41 Å². The smallest absolute Gasteiger partial charge is 0.171 e. The van der Waals surface area contributed by atoms with Crippen molar-refractivity contribution >= 4 is 15.3 Å². The van der Waals surface area contributed by atoms with Crippen LogP contribution < -0.4 is 0 Å². The Morgan fingerprint density at radius 1 is 1.06 bits per heavy atom. The molecule has 0 radical (unpaired) electrons. The van der Waals surface area contributed by atoms with Crippen molar-refractivity contribution in [1.82, 2.24) is 0 Å². The summed E-state index contributed by atoms with van der Waals surface area (Å²) >= 11 is 0. The van der Waals surface area contributed by atoms with Crippen LogP contribution >= 0.6 is 0 Å². The third kappa shape index (κ3) is 12.3. The first-order chi connectivity index (χ1) is 8.35. The number of hydrogen-bond acceptors (Lipinski definition) is 2. The lowest BCUT2D eigenvalue weighted by Crippen LogP contribution is -2.21. The molecule has 0 amide bonds. The molecule has 0 bridgehead atoms. The van der Waals surface area contributed by atoms with Gasteiger partial charge in [-0.2, -0.15) is 0 Å². The van der Waals surface area contributed by atoms with Crippen molar-refractivity contribution < 1.29 is 9.22 Å². The van der Waals surface area contributed by atoms with Gasteiger partial charge in [0.1, 0.15) is 12.4 Å². The van der Waals surface area contributed by atoms with Gasteiger partial charge in [0.2, 0.25) is 0 Å². The molecule has 0 N–H and O–H groups in total. The lowest BCUT2D eigenvalue weighted by atomic mass is 9.89. The maximum atomic E-state index is 10.8. The molecule has 0 aromatic heterocycles. The van der Waals surface area contributed by atoms with E-state index in [1.807, 2.05) is 0 Å². The Balaban J connectivity index is 3.41. The summed E-state index contributed by atoms with van der Waals surface area (Å²) in [6.07, 6.45) is 9.37. The van der Waals surface area contributed by atoms with Gasteiger partial charge in [-0.1, -0.05) is 52.9 Å². The first-order valence-electron chi connectivity index (χ1n) is 7.46. The first-order valence-corrected chi connectivity index (χ1v) is 10.2. The van der Waals surface area contributed by atoms with Crippen LogP contribution in [-0.2, 0) is 9.22 Å². The molecule has 0 spiro atoms. The summed E-state index contributed by atoms with van der Waals surface area (Å²) in [5, 5.41) is 0. The van der Waals surface area contributed by atoms with E-state index < -0.39 is 9.04 Å². The molecule has 0 rings (SSSR count). The second kappa shape index (κ2) is 9.73. The zero-order valence-electron chi connectivity index (χ0n) is 13.0. The molecule has 0 saturated carbocycles. The highest BCUT2D eigenvalue weighted by Gasteiger charge is 2.10. The Hall–Kier alpha value is -0.153. The van der Waals surface area contributed by atoms with Crippen molar-refractivity contribution in [2.45, 2.75) is 84.9 Å². The normalized spacial score (nSPS) is 13.9. The van der Waals surface area contributed by atoms with Gasteiger partial charge in [-0.25, -0.2) is 0 Å². The molecule has 0 aliphatic carbocycles. The molecule has 0 heterocycles. The molecule has 1 atom stereocenters. The summed E-state index contributed by atoms with van der Waals surface area (Å²) in [5.74, 6) is 0. The Morgan fingerprint density at radius 2 is 1.61 bits per heavy atom. The molecule has 0 aliphatic heterocycles. The summed E-state index contributed by atoms with van der Waals surface area (Å²) in [7, 11) is -1.07. The van der Waals surface area contributed by atoms with Crippen molar-refractivity contribution in [3.05, 3.63) is 0 Å². The van der Waals surface area contributed by atoms with E-state index in [-0.39, 0.29) is 6.10 Å². The highest BCUT2D eigenvalue weighted by molar-refractivity contribution is 6.48. The zero-order valence-corrected chi connectivity index (χ0v) is 14.2. The molecule has 0 aromatic rings. The van der Waals surface area contributed by atoms with Crippen molar-refractivity contribution in [3.63, 3.8) is 0 Å². The third-order valence-corrected chi connectivity index (χ3v) is 3.91. The average molecular weight is 273 g/mol. The molecule has 1 unspecified atom stereocenters. The number of rotatable bonds is 10. The van der Waals surface area contributed by atoms with Gasteiger partial charge in [0, 0.05) is 0 Å². The zero-order chi connectivity index (χ0) is 14.0. The van der Waals surface area contributed by atoms with Gasteiger partial charge in [0.05, 0.1) is 0 Å². The number of carbonyl (C=O) groups excluding carboxylic acids is 1. The number of unbranched alkanes of at least 4 members (excludes halogenated alkanes) is 4. The van der Waals surface area contributed by atoms with Crippen molar-refractivity contribution in [1.29, 1.82) is 0 Å². The summed E-state index contributed by atoms with van der Waals surface area (Å²) in [6.45, 7) is 11.1. The lowest BCUT2D eigenvalue weighted by molar-refractivity contribution is -0.114. The second-order valence-corrected chi connectivity index (χ2v) is 9.10. The summed E-state index contributed by atoms with van der Waals surface area (Å²) < 4.78 is 5.64. The van der Waals surface area contributed by atoms with E-state index in [1.54, 1.807) is 0 Å². The van der Waals surface area contributed by atoms with E-state index in [4.69, 9.17) is 4.43 Å². The number of hydrogen-bond donors (Lipinski definition) is 0. The van der Waals surface area contributed by atoms with E-state index in [0.717, 1.165) is 19.1 Å². The molecule has 3 heteroatoms. The minimum absolute atomic E-state index is 0.133. The van der Waals surface area contributed by atoms with Crippen molar-refractivity contribution in [3.8, 4) is 0 Å². The molecular weight excluding hydrogens is 240 g/mol. The predicted octanol–water partition coefficient (Wildman–Crippen LogP) is 4.33. The molecule has 2 nitrogen and oxygen atoms in total. The van der Waals surface area contributed by atoms with E-state index in [1.165, 1.54) is 32.1 Å². The Bertz CT molecular complexity index is 209. The Labute approximate surface area is 115 Å². The van der Waals surface area contributed by atoms with E-state index >= 15 is 0 Å². The SMILES string of the molecule is C[SiH](C)OC(C=O)CCCCCCCC(C)(C)C. The monoisotopic (exact) mass is 272 g/mol. The highest BCUT2D eigenvalue weighted by atomic mass is 28.3. The summed E-state index contributed by atoms with van der Waals surface area (Å²) in [6, 6.07) is 0. The van der Waals surface area contributed by atoms with Gasteiger partial charge in [-0.05, 0) is 31.4 Å². The number of carbonyl (C=O) groups is 1. The van der Waals surface area contributed by atoms with Gasteiger partial charge in [-0.3, -0.25) is 0 Å². The van der Waals surface area contributed by atoms with Crippen LogP contribution in [0.2, 0.25) is 13.1 Å². The van der Waals surface area contributed by atoms with Gasteiger partial charge in [-0.15, -0.1) is 0 Å². The Kier molecular flexibility index (Phi) is 9.65. The topological polar surface area (TPSA) is 26.3 Å². The van der Waals surface area contributed by atoms with E-state index in [9.17, 15) is 4.79 Å². The van der Waals surface area contributed by atoms with Crippen LogP contribution in [0, 0.1) is 5.41 Å². The van der Waals surface area contributed by atoms with Crippen molar-refractivity contribution in [2.75, 3.05) is 0 Å². The average Bonchev–Trinajstić information content (AvgIpc) is 2.24. The molecule has 108 valence electrons. The Morgan fingerprint density at radius 3 is 2.11 bits per heavy atom.